The van der Waals surface area contributed by atoms with Crippen LogP contribution in [0.5, 0.6) is 11.5 Å². The number of quaternary nitrogens is 1. The summed E-state index contributed by atoms with van der Waals surface area (Å²) >= 11 is 0. The highest BCUT2D eigenvalue weighted by atomic mass is 16.6. The number of carbonyl (C=O) groups excluding carboxylic acids is 1. The van der Waals surface area contributed by atoms with Crippen molar-refractivity contribution in [3.63, 3.8) is 0 Å². The molecule has 23 heavy (non-hydrogen) atoms. The number of carbonyl (C=O) groups is 1. The van der Waals surface area contributed by atoms with Crippen LogP contribution < -0.4 is 10.1 Å². The molecule has 1 aliphatic heterocycles. The largest absolute Gasteiger partial charge is 0.504 e. The van der Waals surface area contributed by atoms with E-state index in [-0.39, 0.29) is 11.7 Å². The van der Waals surface area contributed by atoms with Crippen molar-refractivity contribution >= 4 is 12.0 Å². The van der Waals surface area contributed by atoms with Crippen LogP contribution in [0.1, 0.15) is 32.3 Å². The van der Waals surface area contributed by atoms with Gasteiger partial charge in [-0.2, -0.15) is 0 Å². The second-order valence-electron chi connectivity index (χ2n) is 6.43. The van der Waals surface area contributed by atoms with Gasteiger partial charge in [0.05, 0.1) is 20.2 Å². The third-order valence-corrected chi connectivity index (χ3v) is 4.40. The van der Waals surface area contributed by atoms with E-state index in [9.17, 15) is 9.90 Å². The van der Waals surface area contributed by atoms with Crippen LogP contribution in [0, 0.1) is 5.92 Å². The lowest BCUT2D eigenvalue weighted by molar-refractivity contribution is -0.665. The zero-order valence-electron chi connectivity index (χ0n) is 14.0. The predicted octanol–water partition coefficient (Wildman–Crippen LogP) is 1.71. The summed E-state index contributed by atoms with van der Waals surface area (Å²) < 4.78 is 10.7. The van der Waals surface area contributed by atoms with Gasteiger partial charge in [0.1, 0.15) is 5.60 Å². The maximum absolute atomic E-state index is 12.1. The summed E-state index contributed by atoms with van der Waals surface area (Å²) in [6.45, 7) is 6.15. The van der Waals surface area contributed by atoms with Crippen LogP contribution in [0.4, 0.5) is 0 Å². The van der Waals surface area contributed by atoms with Crippen LogP contribution in [-0.4, -0.2) is 36.9 Å². The summed E-state index contributed by atoms with van der Waals surface area (Å²) in [6, 6.07) is 4.91. The molecular formula is C18H26NO4+. The van der Waals surface area contributed by atoms with Gasteiger partial charge in [0.2, 0.25) is 0 Å². The SMILES string of the molecule is COc1cc(/C=C/C(=O)OC(C)(C)C2CC[NH2+]CC2)ccc1O. The number of methoxy groups -OCH3 is 1. The number of esters is 1. The summed E-state index contributed by atoms with van der Waals surface area (Å²) in [4.78, 5) is 12.1. The molecule has 0 aliphatic carbocycles. The number of nitrogens with two attached hydrogens (primary N) is 1. The number of phenols is 1. The first-order valence-electron chi connectivity index (χ1n) is 8.02. The lowest BCUT2D eigenvalue weighted by atomic mass is 9.83. The van der Waals surface area contributed by atoms with Crippen LogP contribution in [0.25, 0.3) is 6.08 Å². The van der Waals surface area contributed by atoms with E-state index in [2.05, 4.69) is 5.32 Å². The molecule has 126 valence electrons. The molecule has 3 N–H and O–H groups in total. The topological polar surface area (TPSA) is 72.4 Å². The number of hydrogen-bond donors (Lipinski definition) is 2. The van der Waals surface area contributed by atoms with Gasteiger partial charge < -0.3 is 19.9 Å². The molecule has 0 radical (unpaired) electrons. The van der Waals surface area contributed by atoms with E-state index in [1.54, 1.807) is 18.2 Å². The monoisotopic (exact) mass is 320 g/mol. The van der Waals surface area contributed by atoms with E-state index in [0.717, 1.165) is 31.5 Å². The molecule has 0 amide bonds. The molecule has 0 aromatic heterocycles. The van der Waals surface area contributed by atoms with Crippen molar-refractivity contribution in [3.05, 3.63) is 29.8 Å². The number of phenolic OH excluding ortho intramolecular Hbond substituents is 1. The van der Waals surface area contributed by atoms with Crippen molar-refractivity contribution in [3.8, 4) is 11.5 Å². The van der Waals surface area contributed by atoms with Crippen molar-refractivity contribution in [2.24, 2.45) is 5.92 Å². The summed E-state index contributed by atoms with van der Waals surface area (Å²) in [5.74, 6) is 0.497. The van der Waals surface area contributed by atoms with Crippen LogP contribution in [0.3, 0.4) is 0 Å². The van der Waals surface area contributed by atoms with Crippen LogP contribution in [0.15, 0.2) is 24.3 Å². The molecule has 5 nitrogen and oxygen atoms in total. The van der Waals surface area contributed by atoms with E-state index in [1.165, 1.54) is 19.3 Å². The predicted molar refractivity (Wildman–Crippen MR) is 88.2 cm³/mol. The molecule has 0 atom stereocenters. The molecule has 1 aliphatic rings. The molecule has 0 unspecified atom stereocenters. The molecule has 1 fully saturated rings. The molecule has 5 heteroatoms. The van der Waals surface area contributed by atoms with Gasteiger partial charge in [-0.25, -0.2) is 4.79 Å². The van der Waals surface area contributed by atoms with E-state index in [1.807, 2.05) is 13.8 Å². The fraction of sp³-hybridized carbons (Fsp3) is 0.500. The Morgan fingerprint density at radius 1 is 1.35 bits per heavy atom. The van der Waals surface area contributed by atoms with Crippen molar-refractivity contribution in [1.29, 1.82) is 0 Å². The Hall–Kier alpha value is -2.01. The van der Waals surface area contributed by atoms with Gasteiger partial charge in [0, 0.05) is 24.8 Å². The lowest BCUT2D eigenvalue weighted by Gasteiger charge is -2.35. The van der Waals surface area contributed by atoms with E-state index in [4.69, 9.17) is 9.47 Å². The average molecular weight is 320 g/mol. The maximum Gasteiger partial charge on any atom is 0.331 e. The Bertz CT molecular complexity index is 574. The second kappa shape index (κ2) is 7.51. The molecule has 1 aromatic rings. The summed E-state index contributed by atoms with van der Waals surface area (Å²) in [5, 5.41) is 11.9. The first-order chi connectivity index (χ1) is 10.9. The van der Waals surface area contributed by atoms with Crippen LogP contribution >= 0.6 is 0 Å². The normalized spacial score (nSPS) is 16.5. The van der Waals surface area contributed by atoms with Crippen molar-refractivity contribution in [1.82, 2.24) is 0 Å². The Morgan fingerprint density at radius 2 is 2.04 bits per heavy atom. The minimum Gasteiger partial charge on any atom is -0.504 e. The fourth-order valence-electron chi connectivity index (χ4n) is 2.96. The first-order valence-corrected chi connectivity index (χ1v) is 8.02. The molecular weight excluding hydrogens is 294 g/mol. The number of benzene rings is 1. The fourth-order valence-corrected chi connectivity index (χ4v) is 2.96. The quantitative estimate of drug-likeness (QED) is 0.640. The van der Waals surface area contributed by atoms with Crippen molar-refractivity contribution in [2.45, 2.75) is 32.3 Å². The Labute approximate surface area is 137 Å². The Morgan fingerprint density at radius 3 is 2.70 bits per heavy atom. The van der Waals surface area contributed by atoms with Gasteiger partial charge in [-0.3, -0.25) is 0 Å². The standard InChI is InChI=1S/C18H25NO4/c1-18(2,14-8-10-19-11-9-14)23-17(21)7-5-13-4-6-15(20)16(12-13)22-3/h4-7,12,14,19-20H,8-11H2,1-3H3/p+1/b7-5+. The van der Waals surface area contributed by atoms with Gasteiger partial charge in [-0.05, 0) is 37.6 Å². The van der Waals surface area contributed by atoms with Gasteiger partial charge in [0.15, 0.2) is 11.5 Å². The summed E-state index contributed by atoms with van der Waals surface area (Å²) in [5.41, 5.74) is 0.309. The lowest BCUT2D eigenvalue weighted by Crippen LogP contribution is -2.86. The maximum atomic E-state index is 12.1. The third kappa shape index (κ3) is 4.73. The van der Waals surface area contributed by atoms with E-state index >= 15 is 0 Å². The number of ether oxygens (including phenoxy) is 2. The van der Waals surface area contributed by atoms with Gasteiger partial charge >= 0.3 is 5.97 Å². The van der Waals surface area contributed by atoms with Crippen LogP contribution in [-0.2, 0) is 9.53 Å². The van der Waals surface area contributed by atoms with E-state index < -0.39 is 5.60 Å². The highest BCUT2D eigenvalue weighted by molar-refractivity contribution is 5.87. The second-order valence-corrected chi connectivity index (χ2v) is 6.43. The summed E-state index contributed by atoms with van der Waals surface area (Å²) in [6.07, 6.45) is 5.22. The zero-order valence-corrected chi connectivity index (χ0v) is 14.0. The van der Waals surface area contributed by atoms with Gasteiger partial charge in [-0.1, -0.05) is 6.07 Å². The van der Waals surface area contributed by atoms with Gasteiger partial charge in [-0.15, -0.1) is 0 Å². The number of aromatic hydroxyl groups is 1. The minimum absolute atomic E-state index is 0.0717. The van der Waals surface area contributed by atoms with Crippen LogP contribution in [0.2, 0.25) is 0 Å². The molecule has 1 aromatic carbocycles. The average Bonchev–Trinajstić information content (AvgIpc) is 2.54. The highest BCUT2D eigenvalue weighted by Gasteiger charge is 2.34. The smallest absolute Gasteiger partial charge is 0.331 e. The molecule has 1 heterocycles. The zero-order chi connectivity index (χ0) is 16.9. The molecule has 0 saturated carbocycles. The molecule has 0 spiro atoms. The van der Waals surface area contributed by atoms with Crippen molar-refractivity contribution < 1.29 is 24.7 Å². The minimum atomic E-state index is -0.456. The molecule has 0 bridgehead atoms. The number of hydrogen-bond acceptors (Lipinski definition) is 4. The number of piperidine rings is 1. The number of rotatable bonds is 5. The first kappa shape index (κ1) is 17.3. The summed E-state index contributed by atoms with van der Waals surface area (Å²) in [7, 11) is 1.49. The van der Waals surface area contributed by atoms with Gasteiger partial charge in [0.25, 0.3) is 0 Å². The third-order valence-electron chi connectivity index (χ3n) is 4.40. The van der Waals surface area contributed by atoms with E-state index in [0.29, 0.717) is 11.7 Å². The highest BCUT2D eigenvalue weighted by Crippen LogP contribution is 2.29. The Kier molecular flexibility index (Phi) is 5.66. The molecule has 1 saturated heterocycles. The molecule has 2 rings (SSSR count). The van der Waals surface area contributed by atoms with Crippen molar-refractivity contribution in [2.75, 3.05) is 20.2 Å². The Balaban J connectivity index is 1.98.